The van der Waals surface area contributed by atoms with Crippen molar-refractivity contribution >= 4 is 73.9 Å². The predicted molar refractivity (Wildman–Crippen MR) is 119 cm³/mol. The summed E-state index contributed by atoms with van der Waals surface area (Å²) in [5.74, 6) is 0. The molecule has 1 unspecified atom stereocenters. The van der Waals surface area contributed by atoms with Crippen LogP contribution in [0.5, 0.6) is 0 Å². The van der Waals surface area contributed by atoms with Crippen LogP contribution in [0.3, 0.4) is 0 Å². The minimum Gasteiger partial charge on any atom is -0.147 e. The Morgan fingerprint density at radius 1 is 1.08 bits per heavy atom. The van der Waals surface area contributed by atoms with Crippen LogP contribution in [0, 0.1) is 0 Å². The second-order valence-corrected chi connectivity index (χ2v) is 13.3. The average Bonchev–Trinajstić information content (AvgIpc) is 3.23. The van der Waals surface area contributed by atoms with Gasteiger partial charge in [-0.1, -0.05) is 56.9 Å². The quantitative estimate of drug-likeness (QED) is 0.309. The molecule has 3 aromatic rings. The van der Waals surface area contributed by atoms with Crippen LogP contribution in [-0.2, 0) is 0 Å². The van der Waals surface area contributed by atoms with Crippen LogP contribution >= 0.6 is 69.8 Å². The monoisotopic (exact) mass is 424 g/mol. The van der Waals surface area contributed by atoms with Gasteiger partial charge in [-0.3, -0.25) is 0 Å². The zero-order valence-electron chi connectivity index (χ0n) is 13.5. The number of thiophene rings is 3. The smallest absolute Gasteiger partial charge is 0.0806 e. The van der Waals surface area contributed by atoms with Crippen molar-refractivity contribution in [3.05, 3.63) is 51.0 Å². The summed E-state index contributed by atoms with van der Waals surface area (Å²) in [4.78, 5) is 4.11. The topological polar surface area (TPSA) is 0 Å². The third-order valence-electron chi connectivity index (χ3n) is 3.55. The molecule has 0 N–H and O–H groups in total. The number of hydrogen-bond donors (Lipinski definition) is 0. The first kappa shape index (κ1) is 17.3. The van der Waals surface area contributed by atoms with Gasteiger partial charge in [0, 0.05) is 25.6 Å². The van der Waals surface area contributed by atoms with E-state index in [0.717, 1.165) is 4.20 Å². The highest BCUT2D eigenvalue weighted by Crippen LogP contribution is 2.58. The molecular weight excluding hydrogens is 409 g/mol. The van der Waals surface area contributed by atoms with Gasteiger partial charge >= 0.3 is 0 Å². The highest BCUT2D eigenvalue weighted by Gasteiger charge is 2.38. The van der Waals surface area contributed by atoms with Gasteiger partial charge in [-0.05, 0) is 22.9 Å². The standard InChI is InChI=1S/C18H16S6/c1-18(2,3)24-17-13-12(14(23-17)10-6-4-8-20-10)16(19)22-15(13)11-7-5-9-21-11/h4-9,15H,1-3H3. The van der Waals surface area contributed by atoms with E-state index in [0.29, 0.717) is 5.25 Å². The van der Waals surface area contributed by atoms with Crippen LogP contribution < -0.4 is 0 Å². The number of thioether (sulfide) groups is 2. The maximum absolute atomic E-state index is 5.81. The lowest BCUT2D eigenvalue weighted by atomic mass is 10.1. The van der Waals surface area contributed by atoms with E-state index in [1.54, 1.807) is 0 Å². The molecule has 1 atom stereocenters. The van der Waals surface area contributed by atoms with Crippen molar-refractivity contribution in [2.75, 3.05) is 0 Å². The Kier molecular flexibility index (Phi) is 4.73. The van der Waals surface area contributed by atoms with Crippen LogP contribution in [0.4, 0.5) is 0 Å². The van der Waals surface area contributed by atoms with Crippen molar-refractivity contribution in [2.24, 2.45) is 0 Å². The fourth-order valence-corrected chi connectivity index (χ4v) is 9.55. The minimum atomic E-state index is 0.195. The first-order valence-corrected chi connectivity index (χ1v) is 12.3. The lowest BCUT2D eigenvalue weighted by Gasteiger charge is -2.18. The van der Waals surface area contributed by atoms with Crippen LogP contribution in [0.15, 0.2) is 39.2 Å². The molecule has 0 spiro atoms. The lowest BCUT2D eigenvalue weighted by Crippen LogP contribution is -2.06. The fourth-order valence-electron chi connectivity index (χ4n) is 2.66. The van der Waals surface area contributed by atoms with E-state index in [9.17, 15) is 0 Å². The molecule has 0 fully saturated rings. The van der Waals surface area contributed by atoms with Crippen molar-refractivity contribution in [3.8, 4) is 9.75 Å². The van der Waals surface area contributed by atoms with Gasteiger partial charge in [-0.2, -0.15) is 0 Å². The van der Waals surface area contributed by atoms with E-state index in [1.165, 1.54) is 30.0 Å². The molecule has 0 saturated heterocycles. The largest absolute Gasteiger partial charge is 0.147 e. The Morgan fingerprint density at radius 3 is 2.46 bits per heavy atom. The lowest BCUT2D eigenvalue weighted by molar-refractivity contribution is 0.803. The number of rotatable bonds is 3. The molecule has 3 aromatic heterocycles. The molecule has 0 amide bonds. The maximum Gasteiger partial charge on any atom is 0.0806 e. The molecule has 0 radical (unpaired) electrons. The molecule has 0 nitrogen and oxygen atoms in total. The summed E-state index contributed by atoms with van der Waals surface area (Å²) in [6.07, 6.45) is 0. The van der Waals surface area contributed by atoms with Crippen molar-refractivity contribution in [3.63, 3.8) is 0 Å². The second-order valence-electron chi connectivity index (χ2n) is 6.50. The maximum atomic E-state index is 5.81. The van der Waals surface area contributed by atoms with Crippen LogP contribution in [0.1, 0.15) is 42.0 Å². The normalized spacial score (nSPS) is 17.5. The molecule has 4 rings (SSSR count). The van der Waals surface area contributed by atoms with E-state index in [1.807, 2.05) is 57.5 Å². The Labute approximate surface area is 168 Å². The summed E-state index contributed by atoms with van der Waals surface area (Å²) >= 11 is 15.2. The number of thiocarbonyl (C=S) groups is 1. The highest BCUT2D eigenvalue weighted by molar-refractivity contribution is 8.24. The van der Waals surface area contributed by atoms with E-state index >= 15 is 0 Å². The summed E-state index contributed by atoms with van der Waals surface area (Å²) in [6, 6.07) is 8.73. The van der Waals surface area contributed by atoms with Gasteiger partial charge in [0.25, 0.3) is 0 Å². The van der Waals surface area contributed by atoms with Crippen LogP contribution in [0.2, 0.25) is 0 Å². The predicted octanol–water partition coefficient (Wildman–Crippen LogP) is 7.94. The first-order chi connectivity index (χ1) is 11.4. The molecular formula is C18H16S6. The van der Waals surface area contributed by atoms with E-state index in [4.69, 9.17) is 12.2 Å². The van der Waals surface area contributed by atoms with Gasteiger partial charge in [0.05, 0.1) is 18.5 Å². The summed E-state index contributed by atoms with van der Waals surface area (Å²) in [5, 5.41) is 4.68. The average molecular weight is 425 g/mol. The second kappa shape index (κ2) is 6.56. The third kappa shape index (κ3) is 3.17. The summed E-state index contributed by atoms with van der Waals surface area (Å²) in [5.41, 5.74) is 2.79. The Morgan fingerprint density at radius 2 is 1.83 bits per heavy atom. The highest BCUT2D eigenvalue weighted by atomic mass is 32.2. The molecule has 0 aromatic carbocycles. The van der Waals surface area contributed by atoms with Gasteiger partial charge in [-0.15, -0.1) is 45.8 Å². The van der Waals surface area contributed by atoms with Crippen LogP contribution in [0.25, 0.3) is 9.75 Å². The van der Waals surface area contributed by atoms with Gasteiger partial charge in [0.1, 0.15) is 0 Å². The van der Waals surface area contributed by atoms with Crippen molar-refractivity contribution < 1.29 is 0 Å². The van der Waals surface area contributed by atoms with Crippen molar-refractivity contribution in [1.82, 2.24) is 0 Å². The zero-order chi connectivity index (χ0) is 16.9. The van der Waals surface area contributed by atoms with E-state index in [2.05, 4.69) is 55.8 Å². The van der Waals surface area contributed by atoms with Gasteiger partial charge < -0.3 is 0 Å². The van der Waals surface area contributed by atoms with E-state index < -0.39 is 0 Å². The molecule has 1 aliphatic rings. The van der Waals surface area contributed by atoms with Gasteiger partial charge in [-0.25, -0.2) is 0 Å². The first-order valence-electron chi connectivity index (χ1n) is 7.58. The molecule has 0 bridgehead atoms. The zero-order valence-corrected chi connectivity index (χ0v) is 18.4. The number of fused-ring (bicyclic) bond motifs is 1. The summed E-state index contributed by atoms with van der Waals surface area (Å²) in [7, 11) is 0. The van der Waals surface area contributed by atoms with Crippen LogP contribution in [-0.4, -0.2) is 8.94 Å². The molecule has 0 aliphatic carbocycles. The van der Waals surface area contributed by atoms with Crippen molar-refractivity contribution in [1.29, 1.82) is 0 Å². The fraction of sp³-hybridized carbons (Fsp3) is 0.278. The molecule has 124 valence electrons. The third-order valence-corrected chi connectivity index (χ3v) is 9.84. The molecule has 24 heavy (non-hydrogen) atoms. The van der Waals surface area contributed by atoms with Gasteiger partial charge in [0.2, 0.25) is 0 Å². The molecule has 1 aliphatic heterocycles. The minimum absolute atomic E-state index is 0.195. The Balaban J connectivity index is 1.91. The Hall–Kier alpha value is -0.110. The van der Waals surface area contributed by atoms with Crippen molar-refractivity contribution in [2.45, 2.75) is 35.0 Å². The number of hydrogen-bond acceptors (Lipinski definition) is 6. The summed E-state index contributed by atoms with van der Waals surface area (Å²) in [6.45, 7) is 6.86. The SMILES string of the molecule is CC(C)(C)Sc1sc(-c2cccs2)c2c1C(c1cccs1)SC2=S. The summed E-state index contributed by atoms with van der Waals surface area (Å²) < 4.78 is 2.69. The van der Waals surface area contributed by atoms with E-state index in [-0.39, 0.29) is 4.75 Å². The Bertz CT molecular complexity index is 862. The molecule has 6 heteroatoms. The van der Waals surface area contributed by atoms with Gasteiger partial charge in [0.15, 0.2) is 0 Å². The molecule has 4 heterocycles. The molecule has 0 saturated carbocycles.